The fourth-order valence-electron chi connectivity index (χ4n) is 3.96. The van der Waals surface area contributed by atoms with Crippen LogP contribution in [0.3, 0.4) is 0 Å². The molecule has 154 valence electrons. The van der Waals surface area contributed by atoms with Crippen molar-refractivity contribution >= 4 is 11.8 Å². The Morgan fingerprint density at radius 2 is 2.03 bits per heavy atom. The van der Waals surface area contributed by atoms with Gasteiger partial charge in [-0.25, -0.2) is 0 Å². The number of amides is 2. The van der Waals surface area contributed by atoms with Crippen molar-refractivity contribution in [3.63, 3.8) is 0 Å². The van der Waals surface area contributed by atoms with Gasteiger partial charge in [0.25, 0.3) is 11.8 Å². The number of nitrogens with one attached hydrogen (secondary N) is 1. The summed E-state index contributed by atoms with van der Waals surface area (Å²) in [4.78, 5) is 27.2. The van der Waals surface area contributed by atoms with Gasteiger partial charge in [-0.1, -0.05) is 12.1 Å². The van der Waals surface area contributed by atoms with E-state index in [-0.39, 0.29) is 29.0 Å². The van der Waals surface area contributed by atoms with E-state index in [2.05, 4.69) is 10.4 Å². The first-order valence-electron chi connectivity index (χ1n) is 10.0. The van der Waals surface area contributed by atoms with Gasteiger partial charge in [0.15, 0.2) is 0 Å². The maximum absolute atomic E-state index is 12.9. The number of carbonyl (C=O) groups excluding carboxylic acids is 2. The van der Waals surface area contributed by atoms with Gasteiger partial charge in [0, 0.05) is 26.2 Å². The summed E-state index contributed by atoms with van der Waals surface area (Å²) in [6.07, 6.45) is 3.23. The molecule has 0 aliphatic carbocycles. The van der Waals surface area contributed by atoms with E-state index >= 15 is 0 Å². The summed E-state index contributed by atoms with van der Waals surface area (Å²) in [5, 5.41) is 17.4. The first kappa shape index (κ1) is 19.4. The van der Waals surface area contributed by atoms with E-state index < -0.39 is 0 Å². The Kier molecular flexibility index (Phi) is 5.53. The van der Waals surface area contributed by atoms with E-state index in [1.807, 2.05) is 9.58 Å². The second kappa shape index (κ2) is 8.24. The number of carbonyl (C=O) groups is 2. The maximum Gasteiger partial charge on any atom is 0.257 e. The van der Waals surface area contributed by atoms with E-state index in [1.165, 1.54) is 0 Å². The molecule has 2 amide bonds. The fourth-order valence-corrected chi connectivity index (χ4v) is 3.96. The molecule has 3 heterocycles. The number of ether oxygens (including phenoxy) is 1. The van der Waals surface area contributed by atoms with Crippen molar-refractivity contribution in [3.05, 3.63) is 46.8 Å². The van der Waals surface area contributed by atoms with Crippen molar-refractivity contribution in [3.8, 4) is 5.75 Å². The first-order valence-corrected chi connectivity index (χ1v) is 10.0. The number of aryl methyl sites for hydroxylation is 2. The van der Waals surface area contributed by atoms with E-state index in [4.69, 9.17) is 4.74 Å². The molecular formula is C21H26N4O4. The average molecular weight is 398 g/mol. The van der Waals surface area contributed by atoms with Gasteiger partial charge < -0.3 is 20.1 Å². The Balaban J connectivity index is 1.41. The summed E-state index contributed by atoms with van der Waals surface area (Å²) in [7, 11) is 0. The molecule has 0 bridgehead atoms. The highest BCUT2D eigenvalue weighted by Crippen LogP contribution is 2.25. The third kappa shape index (κ3) is 3.98. The van der Waals surface area contributed by atoms with Crippen molar-refractivity contribution in [2.75, 3.05) is 32.8 Å². The Labute approximate surface area is 169 Å². The van der Waals surface area contributed by atoms with E-state index in [0.29, 0.717) is 50.4 Å². The van der Waals surface area contributed by atoms with Gasteiger partial charge in [-0.05, 0) is 37.3 Å². The standard InChI is InChI=1S/C21H26N4O4/c1-14-3-2-4-16(19(14)26)20(27)22-12-15-5-6-25-18(11-15)17(13-23-25)21(28)24-7-9-29-10-8-24/h2-4,13,15,26H,5-12H2,1H3,(H,22,27)/t15-/m0/s1. The number of hydrogen-bond acceptors (Lipinski definition) is 5. The Bertz CT molecular complexity index is 917. The maximum atomic E-state index is 12.9. The molecule has 1 fully saturated rings. The van der Waals surface area contributed by atoms with Crippen molar-refractivity contribution in [2.24, 2.45) is 5.92 Å². The van der Waals surface area contributed by atoms with Crippen LogP contribution >= 0.6 is 0 Å². The van der Waals surface area contributed by atoms with Crippen LogP contribution in [0.4, 0.5) is 0 Å². The molecule has 4 rings (SSSR count). The lowest BCUT2D eigenvalue weighted by Crippen LogP contribution is -2.41. The smallest absolute Gasteiger partial charge is 0.257 e. The zero-order chi connectivity index (χ0) is 20.4. The van der Waals surface area contributed by atoms with Crippen LogP contribution in [0.5, 0.6) is 5.75 Å². The SMILES string of the molecule is Cc1cccc(C(=O)NC[C@H]2CCn3ncc(C(=O)N4CCOCC4)c3C2)c1O. The topological polar surface area (TPSA) is 96.7 Å². The largest absolute Gasteiger partial charge is 0.507 e. The molecule has 1 aromatic heterocycles. The van der Waals surface area contributed by atoms with Crippen LogP contribution in [0.2, 0.25) is 0 Å². The number of morpholine rings is 1. The number of hydrogen-bond donors (Lipinski definition) is 2. The molecule has 1 aromatic carbocycles. The molecular weight excluding hydrogens is 372 g/mol. The van der Waals surface area contributed by atoms with Crippen molar-refractivity contribution in [1.82, 2.24) is 20.0 Å². The van der Waals surface area contributed by atoms with Crippen LogP contribution in [-0.2, 0) is 17.7 Å². The third-order valence-electron chi connectivity index (χ3n) is 5.74. The van der Waals surface area contributed by atoms with Gasteiger partial charge in [0.2, 0.25) is 0 Å². The van der Waals surface area contributed by atoms with Crippen LogP contribution in [0.25, 0.3) is 0 Å². The minimum Gasteiger partial charge on any atom is -0.507 e. The molecule has 0 saturated carbocycles. The van der Waals surface area contributed by atoms with Gasteiger partial charge in [-0.2, -0.15) is 5.10 Å². The zero-order valence-electron chi connectivity index (χ0n) is 16.6. The molecule has 1 atom stereocenters. The number of para-hydroxylation sites is 1. The number of aromatic hydroxyl groups is 1. The molecule has 2 aromatic rings. The number of phenolic OH excluding ortho intramolecular Hbond substituents is 1. The summed E-state index contributed by atoms with van der Waals surface area (Å²) < 4.78 is 7.23. The third-order valence-corrected chi connectivity index (χ3v) is 5.74. The highest BCUT2D eigenvalue weighted by molar-refractivity contribution is 5.97. The monoisotopic (exact) mass is 398 g/mol. The molecule has 8 nitrogen and oxygen atoms in total. The predicted molar refractivity (Wildman–Crippen MR) is 106 cm³/mol. The zero-order valence-corrected chi connectivity index (χ0v) is 16.6. The lowest BCUT2D eigenvalue weighted by molar-refractivity contribution is 0.0301. The molecule has 0 radical (unpaired) electrons. The van der Waals surface area contributed by atoms with E-state index in [1.54, 1.807) is 31.3 Å². The second-order valence-electron chi connectivity index (χ2n) is 7.67. The lowest BCUT2D eigenvalue weighted by atomic mass is 9.94. The second-order valence-corrected chi connectivity index (χ2v) is 7.67. The van der Waals surface area contributed by atoms with Gasteiger partial charge >= 0.3 is 0 Å². The van der Waals surface area contributed by atoms with Gasteiger partial charge in [0.05, 0.1) is 36.2 Å². The Morgan fingerprint density at radius 3 is 2.83 bits per heavy atom. The summed E-state index contributed by atoms with van der Waals surface area (Å²) in [5.41, 5.74) is 2.55. The molecule has 1 saturated heterocycles. The van der Waals surface area contributed by atoms with Gasteiger partial charge in [0.1, 0.15) is 5.75 Å². The highest BCUT2D eigenvalue weighted by Gasteiger charge is 2.28. The van der Waals surface area contributed by atoms with Gasteiger partial charge in [-0.15, -0.1) is 0 Å². The van der Waals surface area contributed by atoms with Crippen molar-refractivity contribution in [1.29, 1.82) is 0 Å². The summed E-state index contributed by atoms with van der Waals surface area (Å²) in [6.45, 7) is 5.31. The average Bonchev–Trinajstić information content (AvgIpc) is 3.17. The number of nitrogens with zero attached hydrogens (tertiary/aromatic N) is 3. The fraction of sp³-hybridized carbons (Fsp3) is 0.476. The number of benzene rings is 1. The van der Waals surface area contributed by atoms with Crippen molar-refractivity contribution in [2.45, 2.75) is 26.3 Å². The predicted octanol–water partition coefficient (Wildman–Crippen LogP) is 1.36. The quantitative estimate of drug-likeness (QED) is 0.811. The summed E-state index contributed by atoms with van der Waals surface area (Å²) in [6, 6.07) is 5.14. The molecule has 0 unspecified atom stereocenters. The number of fused-ring (bicyclic) bond motifs is 1. The summed E-state index contributed by atoms with van der Waals surface area (Å²) in [5.74, 6) is -0.0460. The molecule has 8 heteroatoms. The lowest BCUT2D eigenvalue weighted by Gasteiger charge is -2.28. The van der Waals surface area contributed by atoms with Crippen molar-refractivity contribution < 1.29 is 19.4 Å². The van der Waals surface area contributed by atoms with Gasteiger partial charge in [-0.3, -0.25) is 14.3 Å². The van der Waals surface area contributed by atoms with E-state index in [9.17, 15) is 14.7 Å². The molecule has 2 aliphatic heterocycles. The van der Waals surface area contributed by atoms with Crippen LogP contribution < -0.4 is 5.32 Å². The number of rotatable bonds is 4. The summed E-state index contributed by atoms with van der Waals surface area (Å²) >= 11 is 0. The van der Waals surface area contributed by atoms with Crippen LogP contribution in [0, 0.1) is 12.8 Å². The normalized spacial score (nSPS) is 18.9. The first-order chi connectivity index (χ1) is 14.0. The minimum absolute atomic E-state index is 0.00363. The van der Waals surface area contributed by atoms with Crippen LogP contribution in [-0.4, -0.2) is 64.4 Å². The minimum atomic E-state index is -0.283. The Hall–Kier alpha value is -2.87. The molecule has 2 aliphatic rings. The Morgan fingerprint density at radius 1 is 1.24 bits per heavy atom. The molecule has 0 spiro atoms. The number of phenols is 1. The number of aromatic nitrogens is 2. The molecule has 2 N–H and O–H groups in total. The highest BCUT2D eigenvalue weighted by atomic mass is 16.5. The van der Waals surface area contributed by atoms with E-state index in [0.717, 1.165) is 18.7 Å². The van der Waals surface area contributed by atoms with Crippen LogP contribution in [0.1, 0.15) is 38.4 Å². The molecule has 29 heavy (non-hydrogen) atoms. The van der Waals surface area contributed by atoms with Crippen LogP contribution in [0.15, 0.2) is 24.4 Å².